The van der Waals surface area contributed by atoms with Gasteiger partial charge in [-0.2, -0.15) is 0 Å². The van der Waals surface area contributed by atoms with Crippen LogP contribution in [0.1, 0.15) is 27.2 Å². The number of nitrogens with one attached hydrogen (secondary N) is 3. The smallest absolute Gasteiger partial charge is 0.322 e. The van der Waals surface area contributed by atoms with Crippen LogP contribution in [0.15, 0.2) is 46.7 Å². The van der Waals surface area contributed by atoms with E-state index in [0.717, 1.165) is 25.4 Å². The Kier molecular flexibility index (Phi) is 6.12. The molecule has 1 saturated heterocycles. The topological polar surface area (TPSA) is 100 Å². The van der Waals surface area contributed by atoms with Crippen molar-refractivity contribution in [2.24, 2.45) is 0 Å². The zero-order valence-electron chi connectivity index (χ0n) is 16.9. The van der Waals surface area contributed by atoms with E-state index in [0.29, 0.717) is 17.9 Å². The molecule has 3 heterocycles. The van der Waals surface area contributed by atoms with Crippen molar-refractivity contribution in [3.8, 4) is 10.6 Å². The molecule has 10 heteroatoms. The molecule has 3 aromatic rings. The number of carbonyl (C=O) groups is 3. The molecule has 0 spiro atoms. The number of hydrogen-bond acceptors (Lipinski definition) is 7. The molecule has 0 bridgehead atoms. The van der Waals surface area contributed by atoms with Crippen LogP contribution in [0.4, 0.5) is 4.79 Å². The first-order valence-electron chi connectivity index (χ1n) is 9.49. The van der Waals surface area contributed by atoms with Crippen molar-refractivity contribution >= 4 is 52.3 Å². The fourth-order valence-corrected chi connectivity index (χ4v) is 5.77. The summed E-state index contributed by atoms with van der Waals surface area (Å²) in [4.78, 5) is 43.7. The minimum atomic E-state index is -1.01. The third kappa shape index (κ3) is 4.81. The fourth-order valence-electron chi connectivity index (χ4n) is 3.03. The van der Waals surface area contributed by atoms with E-state index in [1.165, 1.54) is 11.8 Å². The van der Waals surface area contributed by atoms with Gasteiger partial charge in [-0.15, -0.1) is 34.4 Å². The predicted octanol–water partition coefficient (Wildman–Crippen LogP) is 3.80. The van der Waals surface area contributed by atoms with Crippen LogP contribution in [0, 0.1) is 6.92 Å². The number of urea groups is 1. The maximum atomic E-state index is 12.8. The van der Waals surface area contributed by atoms with E-state index in [1.54, 1.807) is 41.7 Å². The molecule has 1 aliphatic heterocycles. The number of thiophene rings is 1. The summed E-state index contributed by atoms with van der Waals surface area (Å²) in [6, 6.07) is 10.8. The molecule has 1 atom stereocenters. The average Bonchev–Trinajstić information content (AvgIpc) is 3.44. The molecule has 1 aromatic carbocycles. The Balaban J connectivity index is 1.40. The van der Waals surface area contributed by atoms with Gasteiger partial charge in [0.05, 0.1) is 27.7 Å². The first-order valence-corrected chi connectivity index (χ1v) is 12.2. The van der Waals surface area contributed by atoms with Gasteiger partial charge in [0.25, 0.3) is 11.8 Å². The molecule has 1 aliphatic rings. The van der Waals surface area contributed by atoms with Crippen LogP contribution in [0.2, 0.25) is 0 Å². The first kappa shape index (κ1) is 21.5. The highest BCUT2D eigenvalue weighted by Crippen LogP contribution is 2.30. The number of amides is 4. The normalized spacial score (nSPS) is 18.0. The lowest BCUT2D eigenvalue weighted by Gasteiger charge is -2.20. The van der Waals surface area contributed by atoms with Gasteiger partial charge in [-0.05, 0) is 38.1 Å². The number of rotatable bonds is 7. The minimum Gasteiger partial charge on any atom is -0.347 e. The van der Waals surface area contributed by atoms with Crippen molar-refractivity contribution in [3.63, 3.8) is 0 Å². The molecule has 0 aliphatic carbocycles. The van der Waals surface area contributed by atoms with Gasteiger partial charge in [0, 0.05) is 20.9 Å². The molecule has 4 amide bonds. The van der Waals surface area contributed by atoms with Crippen LogP contribution in [-0.4, -0.2) is 34.1 Å². The number of benzene rings is 1. The lowest BCUT2D eigenvalue weighted by molar-refractivity contribution is -0.122. The molecule has 1 unspecified atom stereocenters. The molecule has 160 valence electrons. The van der Waals surface area contributed by atoms with Crippen molar-refractivity contribution in [1.29, 1.82) is 0 Å². The van der Waals surface area contributed by atoms with E-state index in [2.05, 4.69) is 20.9 Å². The van der Waals surface area contributed by atoms with Crippen LogP contribution >= 0.6 is 34.4 Å². The zero-order chi connectivity index (χ0) is 22.0. The summed E-state index contributed by atoms with van der Waals surface area (Å²) >= 11 is 4.58. The fraction of sp³-hybridized carbons (Fsp3) is 0.238. The van der Waals surface area contributed by atoms with Crippen molar-refractivity contribution < 1.29 is 14.4 Å². The number of thioether (sulfide) groups is 1. The van der Waals surface area contributed by atoms with Crippen molar-refractivity contribution in [1.82, 2.24) is 20.9 Å². The number of carbonyl (C=O) groups excluding carboxylic acids is 3. The molecule has 7 nitrogen and oxygen atoms in total. The molecule has 0 saturated carbocycles. The Labute approximate surface area is 191 Å². The van der Waals surface area contributed by atoms with E-state index in [-0.39, 0.29) is 11.8 Å². The molecule has 0 radical (unpaired) electrons. The maximum absolute atomic E-state index is 12.8. The van der Waals surface area contributed by atoms with Crippen LogP contribution in [0.5, 0.6) is 0 Å². The summed E-state index contributed by atoms with van der Waals surface area (Å²) in [5.41, 5.74) is 0.489. The number of imide groups is 1. The lowest BCUT2D eigenvalue weighted by Crippen LogP contribution is -2.46. The van der Waals surface area contributed by atoms with E-state index >= 15 is 0 Å². The van der Waals surface area contributed by atoms with Gasteiger partial charge in [-0.3, -0.25) is 14.9 Å². The van der Waals surface area contributed by atoms with E-state index in [9.17, 15) is 14.4 Å². The minimum absolute atomic E-state index is 0.187. The second-order valence-electron chi connectivity index (χ2n) is 7.23. The van der Waals surface area contributed by atoms with Gasteiger partial charge in [0.15, 0.2) is 0 Å². The van der Waals surface area contributed by atoms with E-state index in [1.807, 2.05) is 36.6 Å². The average molecular weight is 473 g/mol. The Hall–Kier alpha value is -2.69. The summed E-state index contributed by atoms with van der Waals surface area (Å²) in [6.07, 6.45) is 0. The molecular weight excluding hydrogens is 452 g/mol. The summed E-state index contributed by atoms with van der Waals surface area (Å²) in [7, 11) is 0. The molecule has 3 N–H and O–H groups in total. The summed E-state index contributed by atoms with van der Waals surface area (Å²) < 4.78 is 0. The van der Waals surface area contributed by atoms with Crippen LogP contribution in [0.25, 0.3) is 10.6 Å². The Morgan fingerprint density at radius 2 is 2.03 bits per heavy atom. The second-order valence-corrected chi connectivity index (χ2v) is 10.5. The number of aromatic nitrogens is 1. The monoisotopic (exact) mass is 472 g/mol. The third-order valence-electron chi connectivity index (χ3n) is 4.72. The molecule has 2 aromatic heterocycles. The van der Waals surface area contributed by atoms with Gasteiger partial charge >= 0.3 is 6.03 Å². The molecular formula is C21H20N4O3S3. The SMILES string of the molecule is Cc1nc(-c2ccc(CNC(=O)c3ccccc3SCC3(C)NC(=O)NC3=O)s2)cs1. The van der Waals surface area contributed by atoms with Crippen LogP contribution < -0.4 is 16.0 Å². The highest BCUT2D eigenvalue weighted by molar-refractivity contribution is 7.99. The first-order chi connectivity index (χ1) is 14.8. The van der Waals surface area contributed by atoms with Crippen molar-refractivity contribution in [2.45, 2.75) is 30.8 Å². The van der Waals surface area contributed by atoms with Gasteiger partial charge in [0.2, 0.25) is 0 Å². The van der Waals surface area contributed by atoms with Crippen LogP contribution in [0.3, 0.4) is 0 Å². The molecule has 4 rings (SSSR count). The van der Waals surface area contributed by atoms with Gasteiger partial charge < -0.3 is 10.6 Å². The standard InChI is InChI=1S/C21H20N4O3S3/c1-12-23-15(10-29-12)17-8-7-13(31-17)9-22-18(26)14-5-3-4-6-16(14)30-11-21(2)19(27)24-20(28)25-21/h3-8,10H,9,11H2,1-2H3,(H,22,26)(H2,24,25,27,28). The number of thiazole rings is 1. The van der Waals surface area contributed by atoms with Crippen molar-refractivity contribution in [2.75, 3.05) is 5.75 Å². The predicted molar refractivity (Wildman–Crippen MR) is 124 cm³/mol. The summed E-state index contributed by atoms with van der Waals surface area (Å²) in [6.45, 7) is 4.06. The summed E-state index contributed by atoms with van der Waals surface area (Å²) in [5.74, 6) is -0.237. The third-order valence-corrected chi connectivity index (χ3v) is 7.99. The van der Waals surface area contributed by atoms with E-state index in [4.69, 9.17) is 0 Å². The maximum Gasteiger partial charge on any atom is 0.322 e. The zero-order valence-corrected chi connectivity index (χ0v) is 19.3. The Morgan fingerprint density at radius 1 is 1.23 bits per heavy atom. The number of hydrogen-bond donors (Lipinski definition) is 3. The Morgan fingerprint density at radius 3 is 2.74 bits per heavy atom. The van der Waals surface area contributed by atoms with Gasteiger partial charge in [0.1, 0.15) is 5.54 Å². The van der Waals surface area contributed by atoms with Gasteiger partial charge in [-0.1, -0.05) is 12.1 Å². The summed E-state index contributed by atoms with van der Waals surface area (Å²) in [5, 5.41) is 10.9. The number of nitrogens with zero attached hydrogens (tertiary/aromatic N) is 1. The number of aryl methyl sites for hydroxylation is 1. The highest BCUT2D eigenvalue weighted by atomic mass is 32.2. The highest BCUT2D eigenvalue weighted by Gasteiger charge is 2.41. The molecule has 31 heavy (non-hydrogen) atoms. The van der Waals surface area contributed by atoms with Crippen LogP contribution in [-0.2, 0) is 11.3 Å². The largest absolute Gasteiger partial charge is 0.347 e. The Bertz CT molecular complexity index is 1160. The quantitative estimate of drug-likeness (QED) is 0.359. The lowest BCUT2D eigenvalue weighted by atomic mass is 10.1. The molecule has 1 fully saturated rings. The second kappa shape index (κ2) is 8.81. The van der Waals surface area contributed by atoms with Gasteiger partial charge in [-0.25, -0.2) is 9.78 Å². The van der Waals surface area contributed by atoms with Crippen molar-refractivity contribution in [3.05, 3.63) is 57.2 Å². The van der Waals surface area contributed by atoms with E-state index < -0.39 is 11.6 Å².